The molecule has 0 fully saturated rings. The first-order valence-corrected chi connectivity index (χ1v) is 6.37. The average molecular weight is 259 g/mol. The highest BCUT2D eigenvalue weighted by molar-refractivity contribution is 5.78. The van der Waals surface area contributed by atoms with Gasteiger partial charge in [0.2, 0.25) is 0 Å². The molecule has 0 spiro atoms. The predicted molar refractivity (Wildman–Crippen MR) is 80.7 cm³/mol. The summed E-state index contributed by atoms with van der Waals surface area (Å²) in [6.45, 7) is 0. The Morgan fingerprint density at radius 2 is 1.65 bits per heavy atom. The van der Waals surface area contributed by atoms with Crippen molar-refractivity contribution in [1.82, 2.24) is 4.98 Å². The molecule has 2 nitrogen and oxygen atoms in total. The molecule has 0 N–H and O–H groups in total. The van der Waals surface area contributed by atoms with Crippen LogP contribution in [0.1, 0.15) is 11.3 Å². The van der Waals surface area contributed by atoms with E-state index < -0.39 is 0 Å². The fraction of sp³-hybridized carbons (Fsp3) is 0.0556. The van der Waals surface area contributed by atoms with E-state index in [0.29, 0.717) is 0 Å². The Hall–Kier alpha value is -2.79. The van der Waals surface area contributed by atoms with E-state index in [2.05, 4.69) is 16.8 Å². The van der Waals surface area contributed by atoms with Crippen LogP contribution < -0.4 is 4.74 Å². The lowest BCUT2D eigenvalue weighted by Crippen LogP contribution is -1.84. The second-order valence-electron chi connectivity index (χ2n) is 4.37. The maximum atomic E-state index is 5.12. The molecule has 0 aliphatic heterocycles. The van der Waals surface area contributed by atoms with Gasteiger partial charge in [0.05, 0.1) is 12.6 Å². The number of rotatable bonds is 1. The van der Waals surface area contributed by atoms with E-state index in [9.17, 15) is 0 Å². The lowest BCUT2D eigenvalue weighted by molar-refractivity contribution is 0.415. The molecule has 0 atom stereocenters. The van der Waals surface area contributed by atoms with Crippen LogP contribution in [0.15, 0.2) is 60.7 Å². The number of hydrogen-bond donors (Lipinski definition) is 0. The normalized spacial score (nSPS) is 9.85. The molecule has 0 bridgehead atoms. The molecule has 3 rings (SSSR count). The van der Waals surface area contributed by atoms with Crippen LogP contribution >= 0.6 is 0 Å². The lowest BCUT2D eigenvalue weighted by atomic mass is 10.2. The van der Waals surface area contributed by atoms with Gasteiger partial charge in [0.1, 0.15) is 11.4 Å². The van der Waals surface area contributed by atoms with Crippen molar-refractivity contribution in [3.8, 4) is 17.6 Å². The molecule has 0 aliphatic rings. The zero-order chi connectivity index (χ0) is 13.8. The van der Waals surface area contributed by atoms with E-state index in [1.54, 1.807) is 7.11 Å². The number of ether oxygens (including phenoxy) is 1. The van der Waals surface area contributed by atoms with E-state index >= 15 is 0 Å². The summed E-state index contributed by atoms with van der Waals surface area (Å²) in [5.41, 5.74) is 2.69. The number of fused-ring (bicyclic) bond motifs is 1. The fourth-order valence-electron chi connectivity index (χ4n) is 1.95. The summed E-state index contributed by atoms with van der Waals surface area (Å²) in [5, 5.41) is 1.13. The van der Waals surface area contributed by atoms with Gasteiger partial charge in [0.15, 0.2) is 0 Å². The summed E-state index contributed by atoms with van der Waals surface area (Å²) >= 11 is 0. The maximum Gasteiger partial charge on any atom is 0.118 e. The Bertz CT molecular complexity index is 795. The molecule has 1 heterocycles. The van der Waals surface area contributed by atoms with Gasteiger partial charge in [-0.3, -0.25) is 0 Å². The van der Waals surface area contributed by atoms with Crippen molar-refractivity contribution < 1.29 is 4.74 Å². The van der Waals surface area contributed by atoms with Crippen LogP contribution in [0.2, 0.25) is 0 Å². The van der Waals surface area contributed by atoms with E-state index in [1.165, 1.54) is 0 Å². The second kappa shape index (κ2) is 5.46. The summed E-state index contributed by atoms with van der Waals surface area (Å²) in [7, 11) is 1.65. The van der Waals surface area contributed by atoms with Crippen LogP contribution in [0.3, 0.4) is 0 Å². The monoisotopic (exact) mass is 259 g/mol. The molecule has 0 aliphatic carbocycles. The Kier molecular flexibility index (Phi) is 3.34. The van der Waals surface area contributed by atoms with Gasteiger partial charge in [-0.2, -0.15) is 0 Å². The minimum Gasteiger partial charge on any atom is -0.497 e. The SMILES string of the molecule is COc1ccc(C#Cc2ccc3ccccc3n2)cc1. The molecule has 0 saturated carbocycles. The molecule has 0 radical (unpaired) electrons. The first kappa shape index (κ1) is 12.3. The molecular formula is C18H13NO. The minimum absolute atomic E-state index is 0.777. The highest BCUT2D eigenvalue weighted by Gasteiger charge is 1.95. The highest BCUT2D eigenvalue weighted by atomic mass is 16.5. The Morgan fingerprint density at radius 1 is 0.850 bits per heavy atom. The molecule has 0 amide bonds. The minimum atomic E-state index is 0.777. The van der Waals surface area contributed by atoms with Crippen molar-refractivity contribution in [1.29, 1.82) is 0 Å². The molecule has 3 aromatic rings. The van der Waals surface area contributed by atoms with Crippen LogP contribution in [0.4, 0.5) is 0 Å². The van der Waals surface area contributed by atoms with Gasteiger partial charge >= 0.3 is 0 Å². The summed E-state index contributed by atoms with van der Waals surface area (Å²) in [5.74, 6) is 7.03. The van der Waals surface area contributed by atoms with Crippen molar-refractivity contribution in [2.45, 2.75) is 0 Å². The first-order valence-electron chi connectivity index (χ1n) is 6.37. The number of aromatic nitrogens is 1. The third kappa shape index (κ3) is 2.62. The van der Waals surface area contributed by atoms with Crippen LogP contribution in [0.25, 0.3) is 10.9 Å². The van der Waals surface area contributed by atoms with Gasteiger partial charge in [-0.1, -0.05) is 30.2 Å². The molecule has 0 saturated heterocycles. The van der Waals surface area contributed by atoms with Gasteiger partial charge < -0.3 is 4.74 Å². The third-order valence-electron chi connectivity index (χ3n) is 3.02. The zero-order valence-electron chi connectivity index (χ0n) is 11.1. The smallest absolute Gasteiger partial charge is 0.118 e. The molecule has 2 aromatic carbocycles. The van der Waals surface area contributed by atoms with Gasteiger partial charge in [-0.25, -0.2) is 4.98 Å². The van der Waals surface area contributed by atoms with Crippen LogP contribution in [-0.4, -0.2) is 12.1 Å². The zero-order valence-corrected chi connectivity index (χ0v) is 11.1. The van der Waals surface area contributed by atoms with Crippen LogP contribution in [0, 0.1) is 11.8 Å². The number of benzene rings is 2. The van der Waals surface area contributed by atoms with Gasteiger partial charge in [-0.15, -0.1) is 0 Å². The topological polar surface area (TPSA) is 22.1 Å². The highest BCUT2D eigenvalue weighted by Crippen LogP contribution is 2.12. The van der Waals surface area contributed by atoms with Gasteiger partial charge in [-0.05, 0) is 42.3 Å². The number of para-hydroxylation sites is 1. The fourth-order valence-corrected chi connectivity index (χ4v) is 1.95. The number of hydrogen-bond acceptors (Lipinski definition) is 2. The Balaban J connectivity index is 1.90. The summed E-state index contributed by atoms with van der Waals surface area (Å²) < 4.78 is 5.12. The van der Waals surface area contributed by atoms with Crippen LogP contribution in [-0.2, 0) is 0 Å². The average Bonchev–Trinajstić information content (AvgIpc) is 2.53. The molecular weight excluding hydrogens is 246 g/mol. The van der Waals surface area contributed by atoms with Gasteiger partial charge in [0, 0.05) is 10.9 Å². The van der Waals surface area contributed by atoms with E-state index in [1.807, 2.05) is 60.7 Å². The third-order valence-corrected chi connectivity index (χ3v) is 3.02. The van der Waals surface area contributed by atoms with Crippen molar-refractivity contribution in [3.63, 3.8) is 0 Å². The van der Waals surface area contributed by atoms with E-state index in [-0.39, 0.29) is 0 Å². The second-order valence-corrected chi connectivity index (χ2v) is 4.37. The standard InChI is InChI=1S/C18H13NO/c1-20-17-12-7-14(8-13-17)6-10-16-11-9-15-4-2-3-5-18(15)19-16/h2-5,7-9,11-13H,1H3. The summed E-state index contributed by atoms with van der Waals surface area (Å²) in [6, 6.07) is 19.7. The number of pyridine rings is 1. The Morgan fingerprint density at radius 3 is 2.45 bits per heavy atom. The Labute approximate surface area is 118 Å². The largest absolute Gasteiger partial charge is 0.497 e. The van der Waals surface area contributed by atoms with Crippen molar-refractivity contribution in [3.05, 3.63) is 71.9 Å². The predicted octanol–water partition coefficient (Wildman–Crippen LogP) is 3.64. The molecule has 96 valence electrons. The first-order chi connectivity index (χ1) is 9.85. The lowest BCUT2D eigenvalue weighted by Gasteiger charge is -1.98. The van der Waals surface area contributed by atoms with Crippen LogP contribution in [0.5, 0.6) is 5.75 Å². The van der Waals surface area contributed by atoms with Crippen molar-refractivity contribution in [2.24, 2.45) is 0 Å². The van der Waals surface area contributed by atoms with Gasteiger partial charge in [0.25, 0.3) is 0 Å². The van der Waals surface area contributed by atoms with E-state index in [4.69, 9.17) is 4.74 Å². The quantitative estimate of drug-likeness (QED) is 0.622. The number of methoxy groups -OCH3 is 1. The maximum absolute atomic E-state index is 5.12. The van der Waals surface area contributed by atoms with Crippen molar-refractivity contribution >= 4 is 10.9 Å². The molecule has 1 aromatic heterocycles. The van der Waals surface area contributed by atoms with E-state index in [0.717, 1.165) is 27.9 Å². The molecule has 20 heavy (non-hydrogen) atoms. The summed E-state index contributed by atoms with van der Waals surface area (Å²) in [6.07, 6.45) is 0. The molecule has 0 unspecified atom stereocenters. The summed E-state index contributed by atoms with van der Waals surface area (Å²) in [4.78, 5) is 4.53. The van der Waals surface area contributed by atoms with Crippen molar-refractivity contribution in [2.75, 3.05) is 7.11 Å². The number of nitrogens with zero attached hydrogens (tertiary/aromatic N) is 1. The molecule has 2 heteroatoms.